The Hall–Kier alpha value is -1.96. The molecule has 1 aliphatic heterocycles. The lowest BCUT2D eigenvalue weighted by Gasteiger charge is -2.30. The standard InChI is InChI=1S/C15H19F3N2O3/c16-15(17,18)12-5-1-2-6-13(12)23-9-7-19-14(22)20-8-3-4-11(21)10-20/h1-2,5-6,11,21H,3-4,7-10H2,(H,19,22). The van der Waals surface area contributed by atoms with Gasteiger partial charge in [-0.1, -0.05) is 12.1 Å². The Morgan fingerprint density at radius 3 is 2.83 bits per heavy atom. The molecule has 0 aliphatic carbocycles. The van der Waals surface area contributed by atoms with Crippen molar-refractivity contribution in [3.05, 3.63) is 29.8 Å². The van der Waals surface area contributed by atoms with Crippen molar-refractivity contribution in [2.45, 2.75) is 25.1 Å². The molecule has 1 aromatic rings. The van der Waals surface area contributed by atoms with Gasteiger partial charge in [-0.25, -0.2) is 4.79 Å². The summed E-state index contributed by atoms with van der Waals surface area (Å²) in [5.41, 5.74) is -0.842. The van der Waals surface area contributed by atoms with Crippen LogP contribution in [0.3, 0.4) is 0 Å². The molecule has 23 heavy (non-hydrogen) atoms. The number of aliphatic hydroxyl groups excluding tert-OH is 1. The quantitative estimate of drug-likeness (QED) is 0.832. The zero-order valence-electron chi connectivity index (χ0n) is 12.5. The Balaban J connectivity index is 1.79. The van der Waals surface area contributed by atoms with Gasteiger partial charge in [-0.05, 0) is 25.0 Å². The van der Waals surface area contributed by atoms with Crippen LogP contribution in [0, 0.1) is 0 Å². The van der Waals surface area contributed by atoms with Gasteiger partial charge in [-0.3, -0.25) is 0 Å². The maximum Gasteiger partial charge on any atom is 0.419 e. The summed E-state index contributed by atoms with van der Waals surface area (Å²) in [4.78, 5) is 13.3. The van der Waals surface area contributed by atoms with Crippen molar-refractivity contribution in [2.24, 2.45) is 0 Å². The molecule has 1 unspecified atom stereocenters. The van der Waals surface area contributed by atoms with Gasteiger partial charge in [-0.15, -0.1) is 0 Å². The van der Waals surface area contributed by atoms with Crippen molar-refractivity contribution in [2.75, 3.05) is 26.2 Å². The number of β-amino-alcohol motifs (C(OH)–C–C–N with tert-alkyl or cyclic N) is 1. The van der Waals surface area contributed by atoms with E-state index >= 15 is 0 Å². The molecular weight excluding hydrogens is 313 g/mol. The van der Waals surface area contributed by atoms with Crippen LogP contribution in [-0.4, -0.2) is 48.4 Å². The molecule has 128 valence electrons. The summed E-state index contributed by atoms with van der Waals surface area (Å²) in [7, 11) is 0. The highest BCUT2D eigenvalue weighted by Crippen LogP contribution is 2.35. The first kappa shape index (κ1) is 17.4. The number of alkyl halides is 3. The Bertz CT molecular complexity index is 537. The fourth-order valence-electron chi connectivity index (χ4n) is 2.40. The number of aliphatic hydroxyl groups is 1. The van der Waals surface area contributed by atoms with E-state index in [1.807, 2.05) is 0 Å². The van der Waals surface area contributed by atoms with Crippen LogP contribution in [0.2, 0.25) is 0 Å². The summed E-state index contributed by atoms with van der Waals surface area (Å²) in [6.45, 7) is 0.830. The maximum absolute atomic E-state index is 12.8. The van der Waals surface area contributed by atoms with Gasteiger partial charge in [0.15, 0.2) is 0 Å². The molecule has 0 spiro atoms. The molecule has 5 nitrogen and oxygen atoms in total. The molecule has 1 aliphatic rings. The number of benzene rings is 1. The van der Waals surface area contributed by atoms with Gasteiger partial charge in [-0.2, -0.15) is 13.2 Å². The largest absolute Gasteiger partial charge is 0.491 e. The highest BCUT2D eigenvalue weighted by molar-refractivity contribution is 5.74. The molecule has 8 heteroatoms. The number of hydrogen-bond donors (Lipinski definition) is 2. The predicted octanol–water partition coefficient (Wildman–Crippen LogP) is 2.25. The van der Waals surface area contributed by atoms with Gasteiger partial charge in [0.2, 0.25) is 0 Å². The van der Waals surface area contributed by atoms with Crippen molar-refractivity contribution in [3.63, 3.8) is 0 Å². The molecule has 1 aromatic carbocycles. The fraction of sp³-hybridized carbons (Fsp3) is 0.533. The predicted molar refractivity (Wildman–Crippen MR) is 77.2 cm³/mol. The molecule has 0 aromatic heterocycles. The maximum atomic E-state index is 12.8. The number of carbonyl (C=O) groups is 1. The zero-order valence-corrected chi connectivity index (χ0v) is 12.5. The van der Waals surface area contributed by atoms with Crippen LogP contribution in [0.15, 0.2) is 24.3 Å². The average molecular weight is 332 g/mol. The number of rotatable bonds is 4. The normalized spacial score (nSPS) is 18.6. The van der Waals surface area contributed by atoms with E-state index in [0.717, 1.165) is 12.5 Å². The number of ether oxygens (including phenoxy) is 1. The molecule has 0 bridgehead atoms. The van der Waals surface area contributed by atoms with Gasteiger partial charge in [0.1, 0.15) is 12.4 Å². The molecule has 2 amide bonds. The number of amides is 2. The van der Waals surface area contributed by atoms with Crippen LogP contribution in [0.1, 0.15) is 18.4 Å². The second kappa shape index (κ2) is 7.54. The van der Waals surface area contributed by atoms with Gasteiger partial charge < -0.3 is 20.1 Å². The molecular formula is C15H19F3N2O3. The summed E-state index contributed by atoms with van der Waals surface area (Å²) >= 11 is 0. The third-order valence-corrected chi connectivity index (χ3v) is 3.51. The third-order valence-electron chi connectivity index (χ3n) is 3.51. The Morgan fingerprint density at radius 1 is 1.39 bits per heavy atom. The summed E-state index contributed by atoms with van der Waals surface area (Å²) in [6, 6.07) is 4.59. The van der Waals surface area contributed by atoms with E-state index < -0.39 is 17.8 Å². The van der Waals surface area contributed by atoms with Crippen LogP contribution >= 0.6 is 0 Å². The number of halogens is 3. The van der Waals surface area contributed by atoms with Crippen molar-refractivity contribution in [3.8, 4) is 5.75 Å². The molecule has 1 fully saturated rings. The van der Waals surface area contributed by atoms with Crippen molar-refractivity contribution in [1.82, 2.24) is 10.2 Å². The summed E-state index contributed by atoms with van der Waals surface area (Å²) in [6.07, 6.45) is -3.61. The van der Waals surface area contributed by atoms with E-state index in [1.54, 1.807) is 0 Å². The third kappa shape index (κ3) is 5.02. The number of carbonyl (C=O) groups excluding carboxylic acids is 1. The molecule has 0 radical (unpaired) electrons. The van der Waals surface area contributed by atoms with Crippen molar-refractivity contribution in [1.29, 1.82) is 0 Å². The van der Waals surface area contributed by atoms with Crippen molar-refractivity contribution < 1.29 is 27.8 Å². The lowest BCUT2D eigenvalue weighted by atomic mass is 10.1. The number of para-hydroxylation sites is 1. The molecule has 0 saturated carbocycles. The summed E-state index contributed by atoms with van der Waals surface area (Å²) < 4.78 is 43.5. The Morgan fingerprint density at radius 2 is 2.13 bits per heavy atom. The Kier molecular flexibility index (Phi) is 5.70. The first-order valence-electron chi connectivity index (χ1n) is 7.38. The average Bonchev–Trinajstić information content (AvgIpc) is 2.51. The number of nitrogens with one attached hydrogen (secondary N) is 1. The minimum absolute atomic E-state index is 0.0742. The van der Waals surface area contributed by atoms with E-state index in [-0.39, 0.29) is 31.5 Å². The number of urea groups is 1. The van der Waals surface area contributed by atoms with E-state index in [4.69, 9.17) is 4.74 Å². The number of likely N-dealkylation sites (tertiary alicyclic amines) is 1. The topological polar surface area (TPSA) is 61.8 Å². The zero-order chi connectivity index (χ0) is 16.9. The van der Waals surface area contributed by atoms with Crippen LogP contribution in [0.25, 0.3) is 0 Å². The van der Waals surface area contributed by atoms with Crippen LogP contribution in [0.4, 0.5) is 18.0 Å². The Labute approximate surface area is 132 Å². The lowest BCUT2D eigenvalue weighted by Crippen LogP contribution is -2.47. The van der Waals surface area contributed by atoms with Gasteiger partial charge in [0.25, 0.3) is 0 Å². The monoisotopic (exact) mass is 332 g/mol. The summed E-state index contributed by atoms with van der Waals surface area (Å²) in [5, 5.41) is 12.1. The van der Waals surface area contributed by atoms with Crippen molar-refractivity contribution >= 4 is 6.03 Å². The second-order valence-electron chi connectivity index (χ2n) is 5.32. The minimum Gasteiger partial charge on any atom is -0.491 e. The summed E-state index contributed by atoms with van der Waals surface area (Å²) in [5.74, 6) is -0.261. The fourth-order valence-corrected chi connectivity index (χ4v) is 2.40. The van der Waals surface area contributed by atoms with Crippen LogP contribution in [0.5, 0.6) is 5.75 Å². The van der Waals surface area contributed by atoms with Gasteiger partial charge in [0, 0.05) is 13.1 Å². The smallest absolute Gasteiger partial charge is 0.419 e. The molecule has 1 heterocycles. The number of nitrogens with zero attached hydrogens (tertiary/aromatic N) is 1. The van der Waals surface area contributed by atoms with E-state index in [2.05, 4.69) is 5.32 Å². The lowest BCUT2D eigenvalue weighted by molar-refractivity contribution is -0.138. The SMILES string of the molecule is O=C(NCCOc1ccccc1C(F)(F)F)N1CCCC(O)C1. The number of hydrogen-bond acceptors (Lipinski definition) is 3. The highest BCUT2D eigenvalue weighted by atomic mass is 19.4. The van der Waals surface area contributed by atoms with E-state index in [9.17, 15) is 23.1 Å². The molecule has 1 atom stereocenters. The van der Waals surface area contributed by atoms with Gasteiger partial charge in [0.05, 0.1) is 18.2 Å². The minimum atomic E-state index is -4.48. The first-order chi connectivity index (χ1) is 10.9. The highest BCUT2D eigenvalue weighted by Gasteiger charge is 2.34. The van der Waals surface area contributed by atoms with Crippen LogP contribution in [-0.2, 0) is 6.18 Å². The van der Waals surface area contributed by atoms with E-state index in [1.165, 1.54) is 23.1 Å². The molecule has 2 rings (SSSR count). The number of piperidine rings is 1. The molecule has 1 saturated heterocycles. The molecule has 2 N–H and O–H groups in total. The second-order valence-corrected chi connectivity index (χ2v) is 5.32. The van der Waals surface area contributed by atoms with Crippen LogP contribution < -0.4 is 10.1 Å². The van der Waals surface area contributed by atoms with Gasteiger partial charge >= 0.3 is 12.2 Å². The van der Waals surface area contributed by atoms with E-state index in [0.29, 0.717) is 13.0 Å². The first-order valence-corrected chi connectivity index (χ1v) is 7.38.